The molecule has 136 valence electrons. The first kappa shape index (κ1) is 17.5. The average molecular weight is 391 g/mol. The second-order valence-electron chi connectivity index (χ2n) is 6.28. The number of hydrogen-bond donors (Lipinski definition) is 0. The van der Waals surface area contributed by atoms with Gasteiger partial charge in [0.2, 0.25) is 10.0 Å². The molecule has 1 aromatic heterocycles. The number of nitrogens with zero attached hydrogens (tertiary/aromatic N) is 4. The van der Waals surface area contributed by atoms with Crippen molar-refractivity contribution in [3.05, 3.63) is 59.8 Å². The van der Waals surface area contributed by atoms with Crippen LogP contribution in [0, 0.1) is 0 Å². The molecule has 3 aromatic rings. The molecular weight excluding hydrogens is 372 g/mol. The van der Waals surface area contributed by atoms with Gasteiger partial charge in [-0.1, -0.05) is 41.9 Å². The summed E-state index contributed by atoms with van der Waals surface area (Å²) in [4.78, 5) is 2.53. The highest BCUT2D eigenvalue weighted by Gasteiger charge is 2.28. The molecule has 0 amide bonds. The van der Waals surface area contributed by atoms with Gasteiger partial charge in [0, 0.05) is 31.6 Å². The number of hydrogen-bond acceptors (Lipinski definition) is 4. The van der Waals surface area contributed by atoms with Gasteiger partial charge in [-0.25, -0.2) is 13.1 Å². The Morgan fingerprint density at radius 1 is 0.923 bits per heavy atom. The maximum Gasteiger partial charge on any atom is 0.243 e. The molecule has 1 fully saturated rings. The third kappa shape index (κ3) is 3.23. The summed E-state index contributed by atoms with van der Waals surface area (Å²) in [5.41, 5.74) is 0.983. The number of aromatic nitrogens is 2. The first-order valence-corrected chi connectivity index (χ1v) is 10.3. The second kappa shape index (κ2) is 7.00. The number of fused-ring (bicyclic) bond motifs is 1. The Labute approximate surface area is 157 Å². The van der Waals surface area contributed by atoms with Gasteiger partial charge >= 0.3 is 0 Å². The summed E-state index contributed by atoms with van der Waals surface area (Å²) in [7, 11) is -3.43. The number of para-hydroxylation sites is 1. The fourth-order valence-electron chi connectivity index (χ4n) is 3.24. The van der Waals surface area contributed by atoms with Crippen LogP contribution in [0.2, 0.25) is 5.15 Å². The molecule has 6 nitrogen and oxygen atoms in total. The molecule has 0 unspecified atom stereocenters. The van der Waals surface area contributed by atoms with Crippen LogP contribution >= 0.6 is 11.6 Å². The van der Waals surface area contributed by atoms with E-state index in [4.69, 9.17) is 11.6 Å². The van der Waals surface area contributed by atoms with Crippen molar-refractivity contribution < 1.29 is 8.42 Å². The number of piperazine rings is 1. The monoisotopic (exact) mass is 390 g/mol. The van der Waals surface area contributed by atoms with Crippen molar-refractivity contribution in [3.8, 4) is 0 Å². The predicted octanol–water partition coefficient (Wildman–Crippen LogP) is 2.65. The predicted molar refractivity (Wildman–Crippen MR) is 102 cm³/mol. The lowest BCUT2D eigenvalue weighted by atomic mass is 10.2. The van der Waals surface area contributed by atoms with Gasteiger partial charge in [0.05, 0.1) is 17.1 Å². The van der Waals surface area contributed by atoms with Crippen LogP contribution in [0.3, 0.4) is 0 Å². The van der Waals surface area contributed by atoms with E-state index in [1.807, 2.05) is 35.0 Å². The summed E-state index contributed by atoms with van der Waals surface area (Å²) in [5.74, 6) is 0. The Morgan fingerprint density at radius 2 is 1.58 bits per heavy atom. The van der Waals surface area contributed by atoms with Crippen LogP contribution in [-0.4, -0.2) is 53.6 Å². The lowest BCUT2D eigenvalue weighted by Gasteiger charge is -2.33. The molecule has 4 rings (SSSR count). The molecule has 0 saturated carbocycles. The Kier molecular flexibility index (Phi) is 4.71. The summed E-state index contributed by atoms with van der Waals surface area (Å²) in [6.07, 6.45) is 0. The Hall–Kier alpha value is -1.93. The van der Waals surface area contributed by atoms with E-state index in [0.29, 0.717) is 42.9 Å². The van der Waals surface area contributed by atoms with Crippen LogP contribution in [0.5, 0.6) is 0 Å². The van der Waals surface area contributed by atoms with Crippen molar-refractivity contribution in [2.45, 2.75) is 11.6 Å². The van der Waals surface area contributed by atoms with E-state index in [1.54, 1.807) is 28.6 Å². The van der Waals surface area contributed by atoms with E-state index in [9.17, 15) is 8.42 Å². The van der Waals surface area contributed by atoms with Crippen LogP contribution in [0.15, 0.2) is 59.5 Å². The first-order chi connectivity index (χ1) is 12.6. The fourth-order valence-corrected chi connectivity index (χ4v) is 4.93. The second-order valence-corrected chi connectivity index (χ2v) is 8.58. The molecule has 26 heavy (non-hydrogen) atoms. The molecule has 0 bridgehead atoms. The number of benzene rings is 2. The smallest absolute Gasteiger partial charge is 0.243 e. The minimum Gasteiger partial charge on any atom is -0.282 e. The van der Waals surface area contributed by atoms with Crippen LogP contribution in [0.1, 0.15) is 0 Å². The van der Waals surface area contributed by atoms with E-state index >= 15 is 0 Å². The largest absolute Gasteiger partial charge is 0.282 e. The van der Waals surface area contributed by atoms with Gasteiger partial charge < -0.3 is 0 Å². The van der Waals surface area contributed by atoms with Crippen LogP contribution in [-0.2, 0) is 16.7 Å². The maximum absolute atomic E-state index is 12.7. The van der Waals surface area contributed by atoms with Crippen molar-refractivity contribution in [3.63, 3.8) is 0 Å². The molecule has 1 aliphatic heterocycles. The molecule has 0 N–H and O–H groups in total. The zero-order valence-corrected chi connectivity index (χ0v) is 15.7. The van der Waals surface area contributed by atoms with Crippen molar-refractivity contribution in [2.75, 3.05) is 26.2 Å². The summed E-state index contributed by atoms with van der Waals surface area (Å²) < 4.78 is 28.8. The van der Waals surface area contributed by atoms with Gasteiger partial charge in [0.15, 0.2) is 5.15 Å². The number of sulfonamides is 1. The molecule has 0 aliphatic carbocycles. The van der Waals surface area contributed by atoms with Crippen LogP contribution < -0.4 is 0 Å². The molecule has 2 aromatic carbocycles. The quantitative estimate of drug-likeness (QED) is 0.687. The molecule has 0 spiro atoms. The molecule has 2 heterocycles. The van der Waals surface area contributed by atoms with Gasteiger partial charge in [-0.3, -0.25) is 4.90 Å². The molecule has 0 atom stereocenters. The first-order valence-electron chi connectivity index (χ1n) is 8.44. The van der Waals surface area contributed by atoms with E-state index in [0.717, 1.165) is 10.9 Å². The minimum atomic E-state index is -3.43. The summed E-state index contributed by atoms with van der Waals surface area (Å²) in [6.45, 7) is 2.82. The normalized spacial score (nSPS) is 17.0. The summed E-state index contributed by atoms with van der Waals surface area (Å²) in [5, 5.41) is 5.83. The van der Waals surface area contributed by atoms with Crippen molar-refractivity contribution in [1.29, 1.82) is 0 Å². The third-order valence-electron chi connectivity index (χ3n) is 4.66. The van der Waals surface area contributed by atoms with Gasteiger partial charge in [-0.15, -0.1) is 0 Å². The fraction of sp³-hybridized carbons (Fsp3) is 0.278. The van der Waals surface area contributed by atoms with Gasteiger partial charge in [0.25, 0.3) is 0 Å². The van der Waals surface area contributed by atoms with E-state index in [1.165, 1.54) is 0 Å². The molecule has 1 aliphatic rings. The average Bonchev–Trinajstić information content (AvgIpc) is 2.99. The lowest BCUT2D eigenvalue weighted by molar-refractivity contribution is 0.148. The zero-order valence-electron chi connectivity index (χ0n) is 14.1. The van der Waals surface area contributed by atoms with Crippen molar-refractivity contribution >= 4 is 32.5 Å². The number of rotatable bonds is 4. The van der Waals surface area contributed by atoms with Gasteiger partial charge in [0.1, 0.15) is 0 Å². The standard InChI is InChI=1S/C18H19ClN4O2S/c19-18-16-8-4-5-9-17(16)23(20-18)14-21-10-12-22(13-11-21)26(24,25)15-6-2-1-3-7-15/h1-9H,10-14H2. The molecule has 8 heteroatoms. The minimum absolute atomic E-state index is 0.346. The Bertz CT molecular complexity index is 1010. The summed E-state index contributed by atoms with van der Waals surface area (Å²) in [6, 6.07) is 16.4. The van der Waals surface area contributed by atoms with Gasteiger partial charge in [-0.2, -0.15) is 9.40 Å². The van der Waals surface area contributed by atoms with Crippen molar-refractivity contribution in [1.82, 2.24) is 19.0 Å². The highest BCUT2D eigenvalue weighted by atomic mass is 35.5. The molecule has 1 saturated heterocycles. The highest BCUT2D eigenvalue weighted by Crippen LogP contribution is 2.23. The van der Waals surface area contributed by atoms with E-state index < -0.39 is 10.0 Å². The zero-order chi connectivity index (χ0) is 18.1. The van der Waals surface area contributed by atoms with Gasteiger partial charge in [-0.05, 0) is 24.3 Å². The topological polar surface area (TPSA) is 58.4 Å². The third-order valence-corrected chi connectivity index (χ3v) is 6.85. The van der Waals surface area contributed by atoms with Crippen LogP contribution in [0.25, 0.3) is 10.9 Å². The van der Waals surface area contributed by atoms with E-state index in [-0.39, 0.29) is 0 Å². The Balaban J connectivity index is 1.45. The lowest BCUT2D eigenvalue weighted by Crippen LogP contribution is -2.48. The molecular formula is C18H19ClN4O2S. The maximum atomic E-state index is 12.7. The highest BCUT2D eigenvalue weighted by molar-refractivity contribution is 7.89. The van der Waals surface area contributed by atoms with E-state index in [2.05, 4.69) is 10.00 Å². The number of halogens is 1. The Morgan fingerprint density at radius 3 is 2.31 bits per heavy atom. The van der Waals surface area contributed by atoms with Crippen molar-refractivity contribution in [2.24, 2.45) is 0 Å². The molecule has 0 radical (unpaired) electrons. The summed E-state index contributed by atoms with van der Waals surface area (Å²) >= 11 is 6.21. The van der Waals surface area contributed by atoms with Crippen LogP contribution in [0.4, 0.5) is 0 Å². The SMILES string of the molecule is O=S(=O)(c1ccccc1)N1CCN(Cn2nc(Cl)c3ccccc32)CC1.